The summed E-state index contributed by atoms with van der Waals surface area (Å²) in [4.78, 5) is 22.6. The quantitative estimate of drug-likeness (QED) is 0.766. The van der Waals surface area contributed by atoms with E-state index in [0.29, 0.717) is 0 Å². The molecule has 1 aromatic carbocycles. The molecular formula is C12H15FN2O4S. The van der Waals surface area contributed by atoms with Gasteiger partial charge in [-0.25, -0.2) is 14.0 Å². The van der Waals surface area contributed by atoms with Crippen molar-refractivity contribution in [1.29, 1.82) is 0 Å². The molecule has 3 N–H and O–H groups in total. The normalized spacial score (nSPS) is 13.3. The molecule has 2 amide bonds. The van der Waals surface area contributed by atoms with Crippen LogP contribution in [0.15, 0.2) is 18.2 Å². The molecule has 0 aliphatic heterocycles. The van der Waals surface area contributed by atoms with E-state index in [2.05, 4.69) is 10.6 Å². The second-order valence-electron chi connectivity index (χ2n) is 4.21. The predicted octanol–water partition coefficient (Wildman–Crippen LogP) is 1.41. The van der Waals surface area contributed by atoms with Gasteiger partial charge >= 0.3 is 12.0 Å². The summed E-state index contributed by atoms with van der Waals surface area (Å²) in [6.07, 6.45) is 1.50. The maximum Gasteiger partial charge on any atom is 0.337 e. The molecule has 8 heteroatoms. The smallest absolute Gasteiger partial charge is 0.337 e. The number of urea groups is 1. The Hall–Kier alpha value is -1.96. The van der Waals surface area contributed by atoms with Gasteiger partial charge in [0.2, 0.25) is 0 Å². The first-order chi connectivity index (χ1) is 9.31. The number of nitrogens with one attached hydrogen (secondary N) is 2. The van der Waals surface area contributed by atoms with Gasteiger partial charge in [-0.3, -0.25) is 4.21 Å². The summed E-state index contributed by atoms with van der Waals surface area (Å²) in [7, 11) is -1.09. The van der Waals surface area contributed by atoms with Crippen molar-refractivity contribution in [2.75, 3.05) is 17.3 Å². The van der Waals surface area contributed by atoms with Crippen LogP contribution in [-0.2, 0) is 10.8 Å². The summed E-state index contributed by atoms with van der Waals surface area (Å²) >= 11 is 0. The average molecular weight is 302 g/mol. The molecule has 0 saturated heterocycles. The van der Waals surface area contributed by atoms with E-state index >= 15 is 0 Å². The lowest BCUT2D eigenvalue weighted by Crippen LogP contribution is -2.39. The molecule has 0 aliphatic rings. The number of amides is 2. The van der Waals surface area contributed by atoms with Gasteiger partial charge < -0.3 is 15.7 Å². The fourth-order valence-corrected chi connectivity index (χ4v) is 2.38. The molecular weight excluding hydrogens is 287 g/mol. The highest BCUT2D eigenvalue weighted by molar-refractivity contribution is 7.84. The van der Waals surface area contributed by atoms with Crippen LogP contribution in [0.2, 0.25) is 0 Å². The molecule has 110 valence electrons. The monoisotopic (exact) mass is 302 g/mol. The molecule has 20 heavy (non-hydrogen) atoms. The molecule has 0 bridgehead atoms. The molecule has 0 aromatic heterocycles. The SMILES string of the molecule is CC(CS(C)=O)NC(=O)Nc1c(F)cccc1C(=O)O. The van der Waals surface area contributed by atoms with Crippen molar-refractivity contribution in [2.45, 2.75) is 13.0 Å². The van der Waals surface area contributed by atoms with Crippen molar-refractivity contribution in [3.63, 3.8) is 0 Å². The van der Waals surface area contributed by atoms with Crippen LogP contribution in [-0.4, -0.2) is 39.4 Å². The molecule has 6 nitrogen and oxygen atoms in total. The van der Waals surface area contributed by atoms with Crippen LogP contribution in [0.4, 0.5) is 14.9 Å². The molecule has 1 rings (SSSR count). The minimum Gasteiger partial charge on any atom is -0.478 e. The summed E-state index contributed by atoms with van der Waals surface area (Å²) in [6, 6.07) is 2.33. The summed E-state index contributed by atoms with van der Waals surface area (Å²) in [6.45, 7) is 1.64. The van der Waals surface area contributed by atoms with Crippen molar-refractivity contribution in [1.82, 2.24) is 5.32 Å². The van der Waals surface area contributed by atoms with Gasteiger partial charge in [-0.05, 0) is 19.1 Å². The Balaban J connectivity index is 2.80. The molecule has 0 spiro atoms. The zero-order valence-electron chi connectivity index (χ0n) is 11.0. The third kappa shape index (κ3) is 4.61. The molecule has 0 aliphatic carbocycles. The van der Waals surface area contributed by atoms with Gasteiger partial charge in [0, 0.05) is 28.9 Å². The summed E-state index contributed by atoms with van der Waals surface area (Å²) in [5.74, 6) is -1.94. The van der Waals surface area contributed by atoms with Crippen molar-refractivity contribution in [3.8, 4) is 0 Å². The molecule has 1 aromatic rings. The van der Waals surface area contributed by atoms with E-state index in [-0.39, 0.29) is 17.4 Å². The Labute approximate surface area is 117 Å². The highest BCUT2D eigenvalue weighted by atomic mass is 32.2. The predicted molar refractivity (Wildman–Crippen MR) is 73.9 cm³/mol. The topological polar surface area (TPSA) is 95.5 Å². The van der Waals surface area contributed by atoms with E-state index < -0.39 is 34.3 Å². The molecule has 0 heterocycles. The number of carbonyl (C=O) groups is 2. The van der Waals surface area contributed by atoms with Crippen LogP contribution in [0, 0.1) is 5.82 Å². The van der Waals surface area contributed by atoms with Gasteiger partial charge in [-0.2, -0.15) is 0 Å². The maximum absolute atomic E-state index is 13.6. The van der Waals surface area contributed by atoms with E-state index in [0.717, 1.165) is 6.07 Å². The number of carboxylic acids is 1. The Morgan fingerprint density at radius 2 is 2.10 bits per heavy atom. The van der Waals surface area contributed by atoms with Gasteiger partial charge in [0.15, 0.2) is 0 Å². The number of hydrogen-bond donors (Lipinski definition) is 3. The number of carboxylic acid groups (broad SMARTS) is 1. The van der Waals surface area contributed by atoms with Crippen LogP contribution < -0.4 is 10.6 Å². The van der Waals surface area contributed by atoms with Crippen molar-refractivity contribution in [2.24, 2.45) is 0 Å². The van der Waals surface area contributed by atoms with Gasteiger partial charge in [-0.15, -0.1) is 0 Å². The molecule has 0 saturated carbocycles. The molecule has 2 atom stereocenters. The highest BCUT2D eigenvalue weighted by Crippen LogP contribution is 2.19. The first-order valence-corrected chi connectivity index (χ1v) is 7.43. The third-order valence-electron chi connectivity index (χ3n) is 2.34. The molecule has 0 radical (unpaired) electrons. The fourth-order valence-electron chi connectivity index (χ4n) is 1.60. The second kappa shape index (κ2) is 6.99. The minimum absolute atomic E-state index is 0.247. The minimum atomic E-state index is -1.34. The Morgan fingerprint density at radius 1 is 1.45 bits per heavy atom. The number of hydrogen-bond acceptors (Lipinski definition) is 3. The standard InChI is InChI=1S/C12H15FN2O4S/c1-7(6-20(2)19)14-12(18)15-10-8(11(16)17)4-3-5-9(10)13/h3-5,7H,6H2,1-2H3,(H,16,17)(H2,14,15,18). The van der Waals surface area contributed by atoms with Gasteiger partial charge in [0.1, 0.15) is 5.82 Å². The molecule has 0 fully saturated rings. The van der Waals surface area contributed by atoms with Crippen molar-refractivity contribution < 1.29 is 23.3 Å². The Kier molecular flexibility index (Phi) is 5.63. The van der Waals surface area contributed by atoms with Crippen LogP contribution >= 0.6 is 0 Å². The highest BCUT2D eigenvalue weighted by Gasteiger charge is 2.17. The van der Waals surface area contributed by atoms with Crippen molar-refractivity contribution >= 4 is 28.5 Å². The first kappa shape index (κ1) is 16.1. The summed E-state index contributed by atoms with van der Waals surface area (Å²) in [5, 5.41) is 13.5. The Bertz CT molecular complexity index is 550. The lowest BCUT2D eigenvalue weighted by Gasteiger charge is -2.14. The zero-order chi connectivity index (χ0) is 15.3. The summed E-state index contributed by atoms with van der Waals surface area (Å²) < 4.78 is 24.6. The largest absolute Gasteiger partial charge is 0.478 e. The van der Waals surface area contributed by atoms with Gasteiger partial charge in [0.05, 0.1) is 11.3 Å². The zero-order valence-corrected chi connectivity index (χ0v) is 11.8. The maximum atomic E-state index is 13.6. The number of benzene rings is 1. The Morgan fingerprint density at radius 3 is 2.65 bits per heavy atom. The molecule has 2 unspecified atom stereocenters. The van der Waals surface area contributed by atoms with E-state index in [9.17, 15) is 18.2 Å². The van der Waals surface area contributed by atoms with Crippen LogP contribution in [0.5, 0.6) is 0 Å². The number of rotatable bonds is 5. The number of anilines is 1. The second-order valence-corrected chi connectivity index (χ2v) is 5.69. The van der Waals surface area contributed by atoms with Gasteiger partial charge in [0.25, 0.3) is 0 Å². The van der Waals surface area contributed by atoms with Gasteiger partial charge in [-0.1, -0.05) is 6.07 Å². The number of para-hydroxylation sites is 1. The summed E-state index contributed by atoms with van der Waals surface area (Å²) in [5.41, 5.74) is -0.741. The average Bonchev–Trinajstić information content (AvgIpc) is 2.29. The van der Waals surface area contributed by atoms with E-state index in [1.807, 2.05) is 0 Å². The van der Waals surface area contributed by atoms with Crippen molar-refractivity contribution in [3.05, 3.63) is 29.6 Å². The van der Waals surface area contributed by atoms with E-state index in [1.165, 1.54) is 18.4 Å². The number of aromatic carboxylic acids is 1. The third-order valence-corrected chi connectivity index (χ3v) is 3.31. The van der Waals surface area contributed by atoms with Crippen LogP contribution in [0.25, 0.3) is 0 Å². The first-order valence-electron chi connectivity index (χ1n) is 5.70. The lowest BCUT2D eigenvalue weighted by atomic mass is 10.1. The number of halogens is 1. The van der Waals surface area contributed by atoms with Crippen LogP contribution in [0.3, 0.4) is 0 Å². The van der Waals surface area contributed by atoms with Crippen LogP contribution in [0.1, 0.15) is 17.3 Å². The number of carbonyl (C=O) groups excluding carboxylic acids is 1. The fraction of sp³-hybridized carbons (Fsp3) is 0.333. The van der Waals surface area contributed by atoms with E-state index in [4.69, 9.17) is 5.11 Å². The lowest BCUT2D eigenvalue weighted by molar-refractivity contribution is 0.0697. The van der Waals surface area contributed by atoms with E-state index in [1.54, 1.807) is 6.92 Å².